The van der Waals surface area contributed by atoms with Crippen LogP contribution >= 0.6 is 0 Å². The van der Waals surface area contributed by atoms with Gasteiger partial charge in [0.25, 0.3) is 5.69 Å². The van der Waals surface area contributed by atoms with Gasteiger partial charge in [0.15, 0.2) is 0 Å². The maximum Gasteiger partial charge on any atom is 0.409 e. The van der Waals surface area contributed by atoms with E-state index in [4.69, 9.17) is 9.47 Å². The van der Waals surface area contributed by atoms with Crippen LogP contribution in [-0.2, 0) is 16.1 Å². The van der Waals surface area contributed by atoms with E-state index < -0.39 is 11.0 Å². The molecule has 0 N–H and O–H groups in total. The molecule has 2 aromatic rings. The molecule has 0 aliphatic heterocycles. The molecule has 0 unspecified atom stereocenters. The first-order valence-corrected chi connectivity index (χ1v) is 8.41. The number of isocyanates is 1. The van der Waals surface area contributed by atoms with Crippen molar-refractivity contribution in [3.05, 3.63) is 64.2 Å². The quantitative estimate of drug-likeness (QED) is 0.214. The van der Waals surface area contributed by atoms with E-state index in [1.54, 1.807) is 43.4 Å². The second-order valence-electron chi connectivity index (χ2n) is 5.80. The normalized spacial score (nSPS) is 9.89. The SMILES string of the molecule is CN(CCCOc1ccc(N=C=O)cc1)C(=O)OCc1ccc([N+](=O)[O-])cc1. The first-order valence-electron chi connectivity index (χ1n) is 8.41. The van der Waals surface area contributed by atoms with Gasteiger partial charge in [-0.1, -0.05) is 0 Å². The van der Waals surface area contributed by atoms with Crippen molar-refractivity contribution in [3.63, 3.8) is 0 Å². The molecule has 0 aromatic heterocycles. The zero-order valence-corrected chi connectivity index (χ0v) is 15.2. The monoisotopic (exact) mass is 385 g/mol. The van der Waals surface area contributed by atoms with Crippen molar-refractivity contribution >= 4 is 23.5 Å². The van der Waals surface area contributed by atoms with Gasteiger partial charge in [0.05, 0.1) is 17.2 Å². The number of hydrogen-bond donors (Lipinski definition) is 0. The predicted octanol–water partition coefficient (Wildman–Crippen LogP) is 3.60. The summed E-state index contributed by atoms with van der Waals surface area (Å²) in [7, 11) is 1.62. The number of hydrogen-bond acceptors (Lipinski definition) is 7. The number of rotatable bonds is 9. The molecule has 0 aliphatic carbocycles. The smallest absolute Gasteiger partial charge is 0.409 e. The Morgan fingerprint density at radius 3 is 2.46 bits per heavy atom. The maximum absolute atomic E-state index is 12.0. The minimum absolute atomic E-state index is 0.0155. The van der Waals surface area contributed by atoms with Crippen LogP contribution in [0, 0.1) is 10.1 Å². The van der Waals surface area contributed by atoms with Crippen LogP contribution in [0.25, 0.3) is 0 Å². The summed E-state index contributed by atoms with van der Waals surface area (Å²) in [6.07, 6.45) is 1.57. The van der Waals surface area contributed by atoms with Crippen molar-refractivity contribution in [3.8, 4) is 5.75 Å². The summed E-state index contributed by atoms with van der Waals surface area (Å²) in [4.78, 5) is 37.2. The Morgan fingerprint density at radius 2 is 1.86 bits per heavy atom. The number of carbonyl (C=O) groups is 1. The third-order valence-corrected chi connectivity index (χ3v) is 3.74. The van der Waals surface area contributed by atoms with Crippen LogP contribution in [0.4, 0.5) is 16.2 Å². The number of nitro groups is 1. The van der Waals surface area contributed by atoms with E-state index in [-0.39, 0.29) is 12.3 Å². The maximum atomic E-state index is 12.0. The van der Waals surface area contributed by atoms with Gasteiger partial charge in [0.1, 0.15) is 12.4 Å². The highest BCUT2D eigenvalue weighted by Crippen LogP contribution is 2.17. The second kappa shape index (κ2) is 10.4. The number of nitrogens with zero attached hydrogens (tertiary/aromatic N) is 3. The summed E-state index contributed by atoms with van der Waals surface area (Å²) in [5.74, 6) is 0.633. The molecule has 9 heteroatoms. The molecule has 0 atom stereocenters. The molecule has 146 valence electrons. The Kier molecular flexibility index (Phi) is 7.68. The fraction of sp³-hybridized carbons (Fsp3) is 0.263. The lowest BCUT2D eigenvalue weighted by Crippen LogP contribution is -2.29. The number of carbonyl (C=O) groups excluding carboxylic acids is 2. The highest BCUT2D eigenvalue weighted by Gasteiger charge is 2.11. The van der Waals surface area contributed by atoms with Crippen molar-refractivity contribution in [1.82, 2.24) is 4.90 Å². The van der Waals surface area contributed by atoms with Crippen molar-refractivity contribution in [2.24, 2.45) is 4.99 Å². The predicted molar refractivity (Wildman–Crippen MR) is 100 cm³/mol. The highest BCUT2D eigenvalue weighted by atomic mass is 16.6. The fourth-order valence-corrected chi connectivity index (χ4v) is 2.22. The van der Waals surface area contributed by atoms with E-state index in [0.29, 0.717) is 36.6 Å². The third-order valence-electron chi connectivity index (χ3n) is 3.74. The summed E-state index contributed by atoms with van der Waals surface area (Å²) < 4.78 is 10.7. The van der Waals surface area contributed by atoms with Gasteiger partial charge in [-0.3, -0.25) is 10.1 Å². The van der Waals surface area contributed by atoms with Gasteiger partial charge in [-0.05, 0) is 48.4 Å². The van der Waals surface area contributed by atoms with Crippen LogP contribution in [0.2, 0.25) is 0 Å². The molecule has 2 aromatic carbocycles. The summed E-state index contributed by atoms with van der Waals surface area (Å²) in [5.41, 5.74) is 1.15. The topological polar surface area (TPSA) is 111 Å². The standard InChI is InChI=1S/C19H19N3O6/c1-21(11-2-12-27-18-9-5-16(6-10-18)20-14-23)19(24)28-13-15-3-7-17(8-4-15)22(25)26/h3-10H,2,11-13H2,1H3. The van der Waals surface area contributed by atoms with Gasteiger partial charge in [0.2, 0.25) is 6.08 Å². The molecular formula is C19H19N3O6. The molecule has 9 nitrogen and oxygen atoms in total. The molecule has 0 heterocycles. The lowest BCUT2D eigenvalue weighted by molar-refractivity contribution is -0.384. The van der Waals surface area contributed by atoms with Gasteiger partial charge in [-0.25, -0.2) is 9.59 Å². The Hall–Kier alpha value is -3.71. The second-order valence-corrected chi connectivity index (χ2v) is 5.80. The molecule has 1 amide bonds. The molecular weight excluding hydrogens is 366 g/mol. The Morgan fingerprint density at radius 1 is 1.18 bits per heavy atom. The minimum Gasteiger partial charge on any atom is -0.494 e. The molecule has 28 heavy (non-hydrogen) atoms. The highest BCUT2D eigenvalue weighted by molar-refractivity contribution is 5.67. The zero-order valence-electron chi connectivity index (χ0n) is 15.2. The number of ether oxygens (including phenoxy) is 2. The first kappa shape index (κ1) is 20.6. The first-order chi connectivity index (χ1) is 13.5. The van der Waals surface area contributed by atoms with E-state index in [0.717, 1.165) is 0 Å². The largest absolute Gasteiger partial charge is 0.494 e. The molecule has 0 fully saturated rings. The number of amides is 1. The van der Waals surface area contributed by atoms with Crippen LogP contribution in [0.3, 0.4) is 0 Å². The number of nitro benzene ring substituents is 1. The summed E-state index contributed by atoms with van der Waals surface area (Å²) in [6, 6.07) is 12.5. The average molecular weight is 385 g/mol. The Bertz CT molecular complexity index is 845. The van der Waals surface area contributed by atoms with Gasteiger partial charge in [-0.15, -0.1) is 0 Å². The third kappa shape index (κ3) is 6.54. The summed E-state index contributed by atoms with van der Waals surface area (Å²) >= 11 is 0. The Balaban J connectivity index is 1.67. The zero-order chi connectivity index (χ0) is 20.4. The van der Waals surface area contributed by atoms with Crippen molar-refractivity contribution < 1.29 is 24.0 Å². The lowest BCUT2D eigenvalue weighted by Gasteiger charge is -2.17. The Labute approximate surface area is 161 Å². The summed E-state index contributed by atoms with van der Waals surface area (Å²) in [5, 5.41) is 10.6. The van der Waals surface area contributed by atoms with Crippen LogP contribution < -0.4 is 4.74 Å². The lowest BCUT2D eigenvalue weighted by atomic mass is 10.2. The molecule has 2 rings (SSSR count). The number of aliphatic imine (C=N–C) groups is 1. The van der Waals surface area contributed by atoms with Crippen molar-refractivity contribution in [2.45, 2.75) is 13.0 Å². The van der Waals surface area contributed by atoms with Crippen LogP contribution in [-0.4, -0.2) is 42.2 Å². The van der Waals surface area contributed by atoms with E-state index in [2.05, 4.69) is 4.99 Å². The number of benzene rings is 2. The fourth-order valence-electron chi connectivity index (χ4n) is 2.22. The molecule has 0 aliphatic rings. The van der Waals surface area contributed by atoms with Crippen LogP contribution in [0.1, 0.15) is 12.0 Å². The average Bonchev–Trinajstić information content (AvgIpc) is 2.71. The molecule has 0 bridgehead atoms. The van der Waals surface area contributed by atoms with Crippen LogP contribution in [0.15, 0.2) is 53.5 Å². The van der Waals surface area contributed by atoms with E-state index >= 15 is 0 Å². The van der Waals surface area contributed by atoms with Crippen molar-refractivity contribution in [2.75, 3.05) is 20.2 Å². The molecule has 0 saturated carbocycles. The van der Waals surface area contributed by atoms with E-state index in [1.165, 1.54) is 23.1 Å². The van der Waals surface area contributed by atoms with E-state index in [1.807, 2.05) is 0 Å². The van der Waals surface area contributed by atoms with Gasteiger partial charge >= 0.3 is 6.09 Å². The van der Waals surface area contributed by atoms with Gasteiger partial charge < -0.3 is 14.4 Å². The summed E-state index contributed by atoms with van der Waals surface area (Å²) in [6.45, 7) is 0.871. The molecule has 0 saturated heterocycles. The van der Waals surface area contributed by atoms with Crippen molar-refractivity contribution in [1.29, 1.82) is 0 Å². The van der Waals surface area contributed by atoms with Gasteiger partial charge in [0, 0.05) is 25.7 Å². The molecule has 0 radical (unpaired) electrons. The van der Waals surface area contributed by atoms with E-state index in [9.17, 15) is 19.7 Å². The molecule has 0 spiro atoms. The van der Waals surface area contributed by atoms with Gasteiger partial charge in [-0.2, -0.15) is 4.99 Å². The minimum atomic E-state index is -0.491. The number of non-ortho nitro benzene ring substituents is 1. The van der Waals surface area contributed by atoms with Crippen LogP contribution in [0.5, 0.6) is 5.75 Å².